The molecule has 0 atom stereocenters. The van der Waals surface area contributed by atoms with E-state index in [1.54, 1.807) is 24.3 Å². The summed E-state index contributed by atoms with van der Waals surface area (Å²) in [5, 5.41) is 32.8. The molecule has 0 spiro atoms. The molecule has 8 rings (SSSR count). The summed E-state index contributed by atoms with van der Waals surface area (Å²) < 4.78 is 9.94. The maximum atomic E-state index is 10.9. The zero-order valence-corrected chi connectivity index (χ0v) is 39.0. The van der Waals surface area contributed by atoms with Gasteiger partial charge in [0.25, 0.3) is 0 Å². The van der Waals surface area contributed by atoms with E-state index in [0.717, 1.165) is 81.0 Å². The normalized spacial score (nSPS) is 11.5. The van der Waals surface area contributed by atoms with Crippen molar-refractivity contribution >= 4 is 22.6 Å². The Labute approximate surface area is 382 Å². The molecule has 8 aromatic rings. The van der Waals surface area contributed by atoms with E-state index < -0.39 is 0 Å². The highest BCUT2D eigenvalue weighted by Gasteiger charge is 2.27. The van der Waals surface area contributed by atoms with E-state index in [0.29, 0.717) is 41.0 Å². The van der Waals surface area contributed by atoms with Crippen molar-refractivity contribution in [1.29, 1.82) is 0 Å². The predicted molar refractivity (Wildman–Crippen MR) is 260 cm³/mol. The largest absolute Gasteiger partial charge is 0.507 e. The predicted octanol–water partition coefficient (Wildman–Crippen LogP) is 13.9. The van der Waals surface area contributed by atoms with Crippen LogP contribution in [0, 0.1) is 27.7 Å². The Bertz CT molecular complexity index is 2730. The van der Waals surface area contributed by atoms with Crippen molar-refractivity contribution in [3.05, 3.63) is 118 Å². The van der Waals surface area contributed by atoms with Crippen LogP contribution < -0.4 is 4.74 Å². The second-order valence-corrected chi connectivity index (χ2v) is 17.7. The third-order valence-corrected chi connectivity index (χ3v) is 12.1. The SMILES string of the molecule is CCCCCCCCCCCCc1cc(C)cc(-n2n3c4ccc(Cl)cc4n23)c1O.CCCCOc1ccc(-c2nc(-c3ccc(C)cc3O)nc(-c3ccc(C)cc3O)n2)c(C)c1. The highest BCUT2D eigenvalue weighted by molar-refractivity contribution is 6.31. The first-order chi connectivity index (χ1) is 31.0. The van der Waals surface area contributed by atoms with Crippen LogP contribution in [0.25, 0.3) is 50.9 Å². The van der Waals surface area contributed by atoms with E-state index in [1.807, 2.05) is 78.7 Å². The molecule has 0 amide bonds. The van der Waals surface area contributed by atoms with E-state index in [4.69, 9.17) is 26.3 Å². The van der Waals surface area contributed by atoms with Crippen LogP contribution in [-0.4, -0.2) is 50.9 Å². The molecule has 0 saturated carbocycles. The summed E-state index contributed by atoms with van der Waals surface area (Å²) in [6.45, 7) is 13.0. The second kappa shape index (κ2) is 21.1. The number of aryl methyl sites for hydroxylation is 5. The smallest absolute Gasteiger partial charge is 0.167 e. The molecule has 0 fully saturated rings. The average molecular weight is 884 g/mol. The first-order valence-corrected chi connectivity index (χ1v) is 23.5. The van der Waals surface area contributed by atoms with Gasteiger partial charge in [-0.05, 0) is 142 Å². The minimum Gasteiger partial charge on any atom is -0.507 e. The van der Waals surface area contributed by atoms with E-state index in [-0.39, 0.29) is 11.5 Å². The summed E-state index contributed by atoms with van der Waals surface area (Å²) in [6.07, 6.45) is 16.3. The van der Waals surface area contributed by atoms with Crippen molar-refractivity contribution in [3.63, 3.8) is 0 Å². The summed E-state index contributed by atoms with van der Waals surface area (Å²) >= 11 is 6.13. The fraction of sp³-hybridized carbons (Fsp3) is 0.377. The van der Waals surface area contributed by atoms with Gasteiger partial charge in [0, 0.05) is 10.6 Å². The Morgan fingerprint density at radius 3 is 1.66 bits per heavy atom. The van der Waals surface area contributed by atoms with Crippen LogP contribution in [-0.2, 0) is 6.42 Å². The van der Waals surface area contributed by atoms with Gasteiger partial charge >= 0.3 is 0 Å². The Morgan fingerprint density at radius 1 is 0.531 bits per heavy atom. The lowest BCUT2D eigenvalue weighted by molar-refractivity contribution is 0.309. The zero-order chi connectivity index (χ0) is 45.3. The van der Waals surface area contributed by atoms with Gasteiger partial charge in [0.05, 0.1) is 17.7 Å². The van der Waals surface area contributed by atoms with Crippen molar-refractivity contribution in [3.8, 4) is 62.8 Å². The van der Waals surface area contributed by atoms with Gasteiger partial charge < -0.3 is 20.1 Å². The van der Waals surface area contributed by atoms with E-state index in [9.17, 15) is 15.3 Å². The Morgan fingerprint density at radius 2 is 1.08 bits per heavy atom. The van der Waals surface area contributed by atoms with Crippen molar-refractivity contribution in [2.45, 2.75) is 125 Å². The monoisotopic (exact) mass is 882 g/mol. The summed E-state index contributed by atoms with van der Waals surface area (Å²) in [6, 6.07) is 26.6. The summed E-state index contributed by atoms with van der Waals surface area (Å²) in [5.74, 6) is 2.51. The molecule has 0 aliphatic rings. The van der Waals surface area contributed by atoms with Gasteiger partial charge in [-0.15, -0.1) is 14.1 Å². The first kappa shape index (κ1) is 46.0. The second-order valence-electron chi connectivity index (χ2n) is 17.3. The van der Waals surface area contributed by atoms with E-state index in [2.05, 4.69) is 42.5 Å². The van der Waals surface area contributed by atoms with Crippen LogP contribution >= 0.6 is 11.6 Å². The van der Waals surface area contributed by atoms with Gasteiger partial charge in [0.15, 0.2) is 17.5 Å². The molecule has 11 heteroatoms. The third kappa shape index (κ3) is 10.8. The number of rotatable bonds is 19. The molecule has 0 saturated heterocycles. The van der Waals surface area contributed by atoms with Gasteiger partial charge in [-0.1, -0.05) is 108 Å². The number of aromatic nitrogens is 6. The van der Waals surface area contributed by atoms with Crippen LogP contribution in [0.5, 0.6) is 23.0 Å². The Balaban J connectivity index is 0.000000193. The summed E-state index contributed by atoms with van der Waals surface area (Å²) in [5.41, 5.74) is 9.94. The molecule has 3 N–H and O–H groups in total. The van der Waals surface area contributed by atoms with Gasteiger partial charge in [0.1, 0.15) is 39.7 Å². The Kier molecular flexibility index (Phi) is 15.2. The number of phenolic OH excluding ortho intramolecular Hbond substituents is 3. The molecule has 5 aromatic carbocycles. The molecule has 3 heterocycles. The molecule has 3 aromatic heterocycles. The summed E-state index contributed by atoms with van der Waals surface area (Å²) in [4.78, 5) is 16.0. The quantitative estimate of drug-likeness (QED) is 0.0691. The first-order valence-electron chi connectivity index (χ1n) is 23.1. The van der Waals surface area contributed by atoms with Crippen molar-refractivity contribution in [2.75, 3.05) is 6.61 Å². The molecule has 10 nitrogen and oxygen atoms in total. The van der Waals surface area contributed by atoms with Crippen LogP contribution in [0.1, 0.15) is 119 Å². The number of aromatic hydroxyl groups is 3. The number of benzene rings is 5. The van der Waals surface area contributed by atoms with Crippen molar-refractivity contribution in [2.24, 2.45) is 0 Å². The maximum absolute atomic E-state index is 10.9. The number of fused-ring (bicyclic) bond motifs is 4. The number of phenols is 3. The molecular weight excluding hydrogens is 820 g/mol. The molecule has 0 aliphatic heterocycles. The minimum atomic E-state index is 0.0904. The van der Waals surface area contributed by atoms with Gasteiger partial charge in [-0.2, -0.15) is 0 Å². The average Bonchev–Trinajstić information content (AvgIpc) is 3.93. The number of unbranched alkanes of at least 4 members (excludes halogenated alkanes) is 10. The Hall–Kier alpha value is -6.00. The number of ether oxygens (including phenoxy) is 1. The van der Waals surface area contributed by atoms with Crippen LogP contribution in [0.3, 0.4) is 0 Å². The topological polar surface area (TPSA) is 122 Å². The number of hydrogen-bond donors (Lipinski definition) is 3. The lowest BCUT2D eigenvalue weighted by atomic mass is 10.0. The fourth-order valence-electron chi connectivity index (χ4n) is 8.21. The number of nitrogens with zero attached hydrogens (tertiary/aromatic N) is 6. The zero-order valence-electron chi connectivity index (χ0n) is 38.3. The van der Waals surface area contributed by atoms with E-state index >= 15 is 0 Å². The maximum Gasteiger partial charge on any atom is 0.167 e. The van der Waals surface area contributed by atoms with Crippen molar-refractivity contribution < 1.29 is 20.1 Å². The van der Waals surface area contributed by atoms with Crippen LogP contribution in [0.15, 0.2) is 84.9 Å². The third-order valence-electron chi connectivity index (χ3n) is 11.8. The number of hydrogen-bond acceptors (Lipinski definition) is 7. The highest BCUT2D eigenvalue weighted by atomic mass is 35.5. The van der Waals surface area contributed by atoms with Gasteiger partial charge in [0.2, 0.25) is 0 Å². The molecule has 64 heavy (non-hydrogen) atoms. The molecule has 0 radical (unpaired) electrons. The van der Waals surface area contributed by atoms with Gasteiger partial charge in [-0.25, -0.2) is 15.0 Å². The lowest BCUT2D eigenvalue weighted by Gasteiger charge is -2.13. The highest BCUT2D eigenvalue weighted by Crippen LogP contribution is 2.37. The molecule has 0 unspecified atom stereocenters. The van der Waals surface area contributed by atoms with Gasteiger partial charge in [-0.3, -0.25) is 0 Å². The lowest BCUT2D eigenvalue weighted by Crippen LogP contribution is -2.02. The fourth-order valence-corrected chi connectivity index (χ4v) is 8.38. The minimum absolute atomic E-state index is 0.0904. The van der Waals surface area contributed by atoms with Crippen molar-refractivity contribution in [1.82, 2.24) is 29.0 Å². The molecular formula is C53H63ClN6O4. The molecule has 0 aliphatic carbocycles. The number of halogens is 1. The van der Waals surface area contributed by atoms with Crippen LogP contribution in [0.2, 0.25) is 5.02 Å². The van der Waals surface area contributed by atoms with E-state index in [1.165, 1.54) is 63.4 Å². The standard InChI is InChI=1S/C28H29N3O3.C25H34ClN3O/c1-5-6-13-34-20-9-12-21(19(4)16-20)26-29-27(22-10-7-17(2)14-24(22)32)31-28(30-26)23-11-8-18(3)15-25(23)33;1-3-4-5-6-7-8-9-10-11-12-13-20-16-19(2)17-24(25(20)30)29-27-22-15-14-21(26)18-23(22)28(27)29/h7-12,14-16,32-33H,5-6,13H2,1-4H3;14-18,30H,3-13H2,1-2H3. The van der Waals surface area contributed by atoms with Crippen LogP contribution in [0.4, 0.5) is 0 Å². The summed E-state index contributed by atoms with van der Waals surface area (Å²) in [7, 11) is 0. The molecule has 336 valence electrons. The molecule has 0 bridgehead atoms.